The number of rotatable bonds is 8. The van der Waals surface area contributed by atoms with Crippen LogP contribution in [-0.4, -0.2) is 38.8 Å². The summed E-state index contributed by atoms with van der Waals surface area (Å²) in [4.78, 5) is 4.74. The normalized spacial score (nSPS) is 17.9. The van der Waals surface area contributed by atoms with Crippen LogP contribution < -0.4 is 10.6 Å². The summed E-state index contributed by atoms with van der Waals surface area (Å²) in [5.41, 5.74) is 1.59. The number of halogens is 1. The first-order chi connectivity index (χ1) is 11.5. The van der Waals surface area contributed by atoms with Crippen LogP contribution in [0.4, 0.5) is 0 Å². The van der Waals surface area contributed by atoms with Gasteiger partial charge >= 0.3 is 0 Å². The fourth-order valence-corrected chi connectivity index (χ4v) is 3.20. The first-order valence-corrected chi connectivity index (χ1v) is 9.68. The van der Waals surface area contributed by atoms with Crippen LogP contribution in [0.2, 0.25) is 0 Å². The van der Waals surface area contributed by atoms with Crippen LogP contribution in [0.25, 0.3) is 0 Å². The molecule has 0 aliphatic carbocycles. The Balaban J connectivity index is 1.87. The number of nitrogens with one attached hydrogen (secondary N) is 2. The van der Waals surface area contributed by atoms with Crippen LogP contribution in [0.5, 0.6) is 0 Å². The van der Waals surface area contributed by atoms with Gasteiger partial charge in [0, 0.05) is 23.0 Å². The first-order valence-electron chi connectivity index (χ1n) is 8.89. The molecule has 0 aromatic heterocycles. The average Bonchev–Trinajstić information content (AvgIpc) is 2.54. The highest BCUT2D eigenvalue weighted by Crippen LogP contribution is 2.26. The molecule has 1 saturated heterocycles. The minimum atomic E-state index is 0.211. The summed E-state index contributed by atoms with van der Waals surface area (Å²) < 4.78 is 6.45. The molecule has 0 spiro atoms. The molecule has 1 atom stereocenters. The third-order valence-electron chi connectivity index (χ3n) is 4.41. The lowest BCUT2D eigenvalue weighted by Gasteiger charge is -2.36. The topological polar surface area (TPSA) is 45.7 Å². The largest absolute Gasteiger partial charge is 0.380 e. The van der Waals surface area contributed by atoms with E-state index in [1.807, 2.05) is 0 Å². The quantitative estimate of drug-likeness (QED) is 0.521. The molecule has 5 heteroatoms. The van der Waals surface area contributed by atoms with Crippen LogP contribution in [-0.2, 0) is 11.2 Å². The minimum Gasteiger partial charge on any atom is -0.380 e. The van der Waals surface area contributed by atoms with Crippen LogP contribution >= 0.6 is 15.9 Å². The SMILES string of the molecule is CCNC(=NCC1(C)COC1)NCC(CC)Cc1cccc(Br)c1. The Labute approximate surface area is 154 Å². The molecular weight excluding hydrogens is 366 g/mol. The minimum absolute atomic E-state index is 0.211. The predicted molar refractivity (Wildman–Crippen MR) is 105 cm³/mol. The summed E-state index contributed by atoms with van der Waals surface area (Å²) in [5, 5.41) is 6.86. The van der Waals surface area contributed by atoms with E-state index in [0.29, 0.717) is 5.92 Å². The zero-order valence-corrected chi connectivity index (χ0v) is 16.7. The molecule has 1 unspecified atom stereocenters. The summed E-state index contributed by atoms with van der Waals surface area (Å²) in [6.07, 6.45) is 2.22. The van der Waals surface area contributed by atoms with Gasteiger partial charge in [0.05, 0.1) is 19.8 Å². The second-order valence-corrected chi connectivity index (χ2v) is 7.90. The van der Waals surface area contributed by atoms with Crippen molar-refractivity contribution in [2.45, 2.75) is 33.6 Å². The molecule has 134 valence electrons. The maximum Gasteiger partial charge on any atom is 0.191 e. The molecule has 1 aromatic rings. The number of benzene rings is 1. The van der Waals surface area contributed by atoms with E-state index in [1.165, 1.54) is 5.56 Å². The van der Waals surface area contributed by atoms with Crippen molar-refractivity contribution in [3.05, 3.63) is 34.3 Å². The van der Waals surface area contributed by atoms with Gasteiger partial charge in [0.2, 0.25) is 0 Å². The Morgan fingerprint density at radius 3 is 2.71 bits per heavy atom. The van der Waals surface area contributed by atoms with E-state index in [2.05, 4.69) is 71.6 Å². The third-order valence-corrected chi connectivity index (χ3v) is 4.91. The Kier molecular flexibility index (Phi) is 7.56. The van der Waals surface area contributed by atoms with E-state index in [0.717, 1.165) is 56.1 Å². The van der Waals surface area contributed by atoms with E-state index in [4.69, 9.17) is 9.73 Å². The lowest BCUT2D eigenvalue weighted by atomic mass is 9.89. The fraction of sp³-hybridized carbons (Fsp3) is 0.632. The Morgan fingerprint density at radius 2 is 2.12 bits per heavy atom. The molecule has 1 heterocycles. The van der Waals surface area contributed by atoms with Crippen molar-refractivity contribution < 1.29 is 4.74 Å². The van der Waals surface area contributed by atoms with Crippen molar-refractivity contribution >= 4 is 21.9 Å². The molecule has 0 radical (unpaired) electrons. The maximum absolute atomic E-state index is 5.31. The highest BCUT2D eigenvalue weighted by atomic mass is 79.9. The molecule has 0 saturated carbocycles. The van der Waals surface area contributed by atoms with Gasteiger partial charge in [-0.05, 0) is 37.0 Å². The molecule has 1 aromatic carbocycles. The molecule has 1 fully saturated rings. The van der Waals surface area contributed by atoms with E-state index in [9.17, 15) is 0 Å². The third kappa shape index (κ3) is 6.10. The lowest BCUT2D eigenvalue weighted by molar-refractivity contribution is -0.0945. The summed E-state index contributed by atoms with van der Waals surface area (Å²) in [6.45, 7) is 10.8. The van der Waals surface area contributed by atoms with Crippen molar-refractivity contribution in [1.82, 2.24) is 10.6 Å². The van der Waals surface area contributed by atoms with Crippen LogP contribution in [0, 0.1) is 11.3 Å². The van der Waals surface area contributed by atoms with Gasteiger partial charge < -0.3 is 15.4 Å². The smallest absolute Gasteiger partial charge is 0.191 e. The molecule has 2 N–H and O–H groups in total. The van der Waals surface area contributed by atoms with Gasteiger partial charge in [-0.3, -0.25) is 4.99 Å². The van der Waals surface area contributed by atoms with Gasteiger partial charge in [0.1, 0.15) is 0 Å². The molecule has 24 heavy (non-hydrogen) atoms. The predicted octanol–water partition coefficient (Wildman–Crippen LogP) is 3.61. The number of hydrogen-bond acceptors (Lipinski definition) is 2. The van der Waals surface area contributed by atoms with Crippen LogP contribution in [0.1, 0.15) is 32.8 Å². The van der Waals surface area contributed by atoms with Crippen molar-refractivity contribution in [2.24, 2.45) is 16.3 Å². The number of guanidine groups is 1. The zero-order chi connectivity index (χ0) is 17.4. The second kappa shape index (κ2) is 9.42. The Bertz CT molecular complexity index is 543. The number of nitrogens with zero attached hydrogens (tertiary/aromatic N) is 1. The monoisotopic (exact) mass is 395 g/mol. The summed E-state index contributed by atoms with van der Waals surface area (Å²) in [6, 6.07) is 8.58. The summed E-state index contributed by atoms with van der Waals surface area (Å²) in [5.74, 6) is 1.50. The molecule has 1 aliphatic heterocycles. The lowest BCUT2D eigenvalue weighted by Crippen LogP contribution is -2.45. The van der Waals surface area contributed by atoms with Gasteiger partial charge in [-0.25, -0.2) is 0 Å². The molecule has 0 amide bonds. The summed E-state index contributed by atoms with van der Waals surface area (Å²) >= 11 is 3.55. The fourth-order valence-electron chi connectivity index (χ4n) is 2.75. The first kappa shape index (κ1) is 19.3. The van der Waals surface area contributed by atoms with Crippen molar-refractivity contribution in [3.8, 4) is 0 Å². The van der Waals surface area contributed by atoms with Crippen LogP contribution in [0.3, 0.4) is 0 Å². The average molecular weight is 396 g/mol. The number of ether oxygens (including phenoxy) is 1. The van der Waals surface area contributed by atoms with E-state index >= 15 is 0 Å². The highest BCUT2D eigenvalue weighted by molar-refractivity contribution is 9.10. The van der Waals surface area contributed by atoms with Crippen molar-refractivity contribution in [3.63, 3.8) is 0 Å². The van der Waals surface area contributed by atoms with Gasteiger partial charge in [0.25, 0.3) is 0 Å². The van der Waals surface area contributed by atoms with Gasteiger partial charge in [-0.2, -0.15) is 0 Å². The molecule has 2 rings (SSSR count). The van der Waals surface area contributed by atoms with Gasteiger partial charge in [-0.1, -0.05) is 48.3 Å². The molecule has 4 nitrogen and oxygen atoms in total. The molecule has 0 bridgehead atoms. The van der Waals surface area contributed by atoms with Gasteiger partial charge in [-0.15, -0.1) is 0 Å². The Hall–Kier alpha value is -1.07. The zero-order valence-electron chi connectivity index (χ0n) is 15.1. The number of hydrogen-bond donors (Lipinski definition) is 2. The molecular formula is C19H30BrN3O. The standard InChI is InChI=1S/C19H30BrN3O/c1-4-15(9-16-7-6-8-17(20)10-16)11-22-18(21-5-2)23-12-19(3)13-24-14-19/h6-8,10,15H,4-5,9,11-14H2,1-3H3,(H2,21,22,23). The van der Waals surface area contributed by atoms with Crippen LogP contribution in [0.15, 0.2) is 33.7 Å². The van der Waals surface area contributed by atoms with Gasteiger partial charge in [0.15, 0.2) is 5.96 Å². The summed E-state index contributed by atoms with van der Waals surface area (Å²) in [7, 11) is 0. The van der Waals surface area contributed by atoms with E-state index in [-0.39, 0.29) is 5.41 Å². The second-order valence-electron chi connectivity index (χ2n) is 6.99. The van der Waals surface area contributed by atoms with Crippen molar-refractivity contribution in [2.75, 3.05) is 32.8 Å². The van der Waals surface area contributed by atoms with E-state index < -0.39 is 0 Å². The number of aliphatic imine (C=N–C) groups is 1. The van der Waals surface area contributed by atoms with E-state index in [1.54, 1.807) is 0 Å². The van der Waals surface area contributed by atoms with Crippen molar-refractivity contribution in [1.29, 1.82) is 0 Å². The maximum atomic E-state index is 5.31. The molecule has 1 aliphatic rings. The highest BCUT2D eigenvalue weighted by Gasteiger charge is 2.33. The Morgan fingerprint density at radius 1 is 1.33 bits per heavy atom.